The quantitative estimate of drug-likeness (QED) is 0.477. The number of benzene rings is 1. The summed E-state index contributed by atoms with van der Waals surface area (Å²) in [7, 11) is 0. The van der Waals surface area contributed by atoms with Crippen molar-refractivity contribution < 1.29 is 13.6 Å². The predicted octanol–water partition coefficient (Wildman–Crippen LogP) is 3.94. The number of pyridine rings is 2. The molecule has 3 rings (SSSR count). The SMILES string of the molecule is Cc1cc(C(=N)c2cnc(NC(=O)NC(C)c3ccc(F)c(F)c3)cc2N)ccn1. The second-order valence-electron chi connectivity index (χ2n) is 6.71. The van der Waals surface area contributed by atoms with Gasteiger partial charge in [0.2, 0.25) is 0 Å². The number of halogens is 2. The third kappa shape index (κ3) is 4.75. The van der Waals surface area contributed by atoms with E-state index in [1.165, 1.54) is 18.3 Å². The van der Waals surface area contributed by atoms with Crippen LogP contribution in [0.25, 0.3) is 0 Å². The Morgan fingerprint density at radius 2 is 1.90 bits per heavy atom. The molecule has 0 fully saturated rings. The van der Waals surface area contributed by atoms with Crippen LogP contribution in [0.3, 0.4) is 0 Å². The Labute approximate surface area is 171 Å². The monoisotopic (exact) mass is 410 g/mol. The number of hydrogen-bond acceptors (Lipinski definition) is 5. The van der Waals surface area contributed by atoms with Crippen LogP contribution in [-0.2, 0) is 0 Å². The van der Waals surface area contributed by atoms with Crippen LogP contribution in [-0.4, -0.2) is 21.7 Å². The molecule has 1 unspecified atom stereocenters. The van der Waals surface area contributed by atoms with E-state index in [2.05, 4.69) is 20.6 Å². The third-order valence-electron chi connectivity index (χ3n) is 4.42. The van der Waals surface area contributed by atoms with Crippen molar-refractivity contribution in [2.45, 2.75) is 19.9 Å². The minimum Gasteiger partial charge on any atom is -0.398 e. The molecular weight excluding hydrogens is 390 g/mol. The molecule has 2 aromatic heterocycles. The van der Waals surface area contributed by atoms with Gasteiger partial charge in [-0.15, -0.1) is 0 Å². The first-order valence-electron chi connectivity index (χ1n) is 9.04. The van der Waals surface area contributed by atoms with Gasteiger partial charge in [0.1, 0.15) is 5.82 Å². The van der Waals surface area contributed by atoms with Crippen LogP contribution >= 0.6 is 0 Å². The topological polar surface area (TPSA) is 117 Å². The summed E-state index contributed by atoms with van der Waals surface area (Å²) in [5.74, 6) is -1.76. The number of carbonyl (C=O) groups is 1. The fraction of sp³-hybridized carbons (Fsp3) is 0.143. The number of nitrogen functional groups attached to an aromatic ring is 1. The summed E-state index contributed by atoms with van der Waals surface area (Å²) in [6.45, 7) is 3.46. The fourth-order valence-corrected chi connectivity index (χ4v) is 2.82. The van der Waals surface area contributed by atoms with E-state index in [1.807, 2.05) is 6.92 Å². The number of rotatable bonds is 5. The molecule has 0 spiro atoms. The molecule has 7 nitrogen and oxygen atoms in total. The van der Waals surface area contributed by atoms with Gasteiger partial charge >= 0.3 is 6.03 Å². The number of hydrogen-bond donors (Lipinski definition) is 4. The molecule has 0 saturated heterocycles. The van der Waals surface area contributed by atoms with Crippen molar-refractivity contribution in [1.82, 2.24) is 15.3 Å². The summed E-state index contributed by atoms with van der Waals surface area (Å²) < 4.78 is 26.4. The molecule has 0 saturated carbocycles. The van der Waals surface area contributed by atoms with Gasteiger partial charge in [-0.25, -0.2) is 18.6 Å². The van der Waals surface area contributed by atoms with Gasteiger partial charge in [0.25, 0.3) is 0 Å². The van der Waals surface area contributed by atoms with Crippen molar-refractivity contribution >= 4 is 23.2 Å². The van der Waals surface area contributed by atoms with Crippen molar-refractivity contribution in [3.05, 3.63) is 82.8 Å². The van der Waals surface area contributed by atoms with Gasteiger partial charge < -0.3 is 11.1 Å². The van der Waals surface area contributed by atoms with E-state index in [4.69, 9.17) is 11.1 Å². The standard InChI is InChI=1S/C21H20F2N6O/c1-11-7-14(5-6-26-11)20(25)15-10-27-19(9-18(15)24)29-21(30)28-12(2)13-3-4-16(22)17(23)8-13/h3-10,12,25H,1-2H3,(H4,24,27,28,29,30). The Hall–Kier alpha value is -3.88. The van der Waals surface area contributed by atoms with E-state index >= 15 is 0 Å². The molecule has 30 heavy (non-hydrogen) atoms. The maximum absolute atomic E-state index is 13.4. The van der Waals surface area contributed by atoms with Gasteiger partial charge in [-0.3, -0.25) is 15.7 Å². The first-order valence-corrected chi connectivity index (χ1v) is 9.04. The Bertz CT molecular complexity index is 1120. The van der Waals surface area contributed by atoms with Crippen LogP contribution in [0.2, 0.25) is 0 Å². The fourth-order valence-electron chi connectivity index (χ4n) is 2.82. The van der Waals surface area contributed by atoms with Gasteiger partial charge in [-0.05, 0) is 43.7 Å². The zero-order valence-electron chi connectivity index (χ0n) is 16.3. The molecule has 1 atom stereocenters. The zero-order valence-corrected chi connectivity index (χ0v) is 16.3. The van der Waals surface area contributed by atoms with Gasteiger partial charge in [0.05, 0.1) is 11.8 Å². The summed E-state index contributed by atoms with van der Waals surface area (Å²) >= 11 is 0. The number of nitrogens with zero attached hydrogens (tertiary/aromatic N) is 2. The van der Waals surface area contributed by atoms with Crippen LogP contribution < -0.4 is 16.4 Å². The minimum absolute atomic E-state index is 0.185. The molecule has 2 heterocycles. The highest BCUT2D eigenvalue weighted by atomic mass is 19.2. The first-order chi connectivity index (χ1) is 14.2. The van der Waals surface area contributed by atoms with Gasteiger partial charge in [-0.1, -0.05) is 6.07 Å². The summed E-state index contributed by atoms with van der Waals surface area (Å²) in [5.41, 5.74) is 8.76. The van der Waals surface area contributed by atoms with Crippen LogP contribution in [0.4, 0.5) is 25.1 Å². The Morgan fingerprint density at radius 3 is 2.57 bits per heavy atom. The highest BCUT2D eigenvalue weighted by Crippen LogP contribution is 2.20. The number of nitrogens with two attached hydrogens (primary N) is 1. The van der Waals surface area contributed by atoms with Crippen LogP contribution in [0, 0.1) is 24.0 Å². The second-order valence-corrected chi connectivity index (χ2v) is 6.71. The molecule has 9 heteroatoms. The summed E-state index contributed by atoms with van der Waals surface area (Å²) in [6, 6.07) is 7.17. The lowest BCUT2D eigenvalue weighted by Crippen LogP contribution is -2.31. The third-order valence-corrected chi connectivity index (χ3v) is 4.42. The van der Waals surface area contributed by atoms with Crippen LogP contribution in [0.1, 0.15) is 35.3 Å². The van der Waals surface area contributed by atoms with E-state index in [-0.39, 0.29) is 17.2 Å². The number of urea groups is 1. The van der Waals surface area contributed by atoms with Crippen molar-refractivity contribution in [2.75, 3.05) is 11.1 Å². The molecular formula is C21H20F2N6O. The molecule has 0 bridgehead atoms. The van der Waals surface area contributed by atoms with Crippen LogP contribution in [0.5, 0.6) is 0 Å². The minimum atomic E-state index is -0.988. The lowest BCUT2D eigenvalue weighted by molar-refractivity contribution is 0.249. The Kier molecular flexibility index (Phi) is 6.01. The molecule has 0 aliphatic heterocycles. The molecule has 0 aliphatic carbocycles. The van der Waals surface area contributed by atoms with E-state index in [0.717, 1.165) is 17.8 Å². The van der Waals surface area contributed by atoms with E-state index in [1.54, 1.807) is 25.3 Å². The zero-order chi connectivity index (χ0) is 21.8. The molecule has 0 radical (unpaired) electrons. The van der Waals surface area contributed by atoms with E-state index in [0.29, 0.717) is 16.7 Å². The lowest BCUT2D eigenvalue weighted by Gasteiger charge is -2.15. The summed E-state index contributed by atoms with van der Waals surface area (Å²) in [6.07, 6.45) is 3.01. The number of nitrogens with one attached hydrogen (secondary N) is 3. The smallest absolute Gasteiger partial charge is 0.320 e. The Balaban J connectivity index is 1.68. The second kappa shape index (κ2) is 8.64. The molecule has 154 valence electrons. The molecule has 0 aliphatic rings. The van der Waals surface area contributed by atoms with Gasteiger partial charge in [-0.2, -0.15) is 0 Å². The first kappa shape index (κ1) is 20.8. The predicted molar refractivity (Wildman–Crippen MR) is 110 cm³/mol. The highest BCUT2D eigenvalue weighted by Gasteiger charge is 2.14. The van der Waals surface area contributed by atoms with Gasteiger partial charge in [0, 0.05) is 41.0 Å². The molecule has 5 N–H and O–H groups in total. The number of aromatic nitrogens is 2. The summed E-state index contributed by atoms with van der Waals surface area (Å²) in [4.78, 5) is 20.5. The number of aryl methyl sites for hydroxylation is 1. The Morgan fingerprint density at radius 1 is 1.13 bits per heavy atom. The van der Waals surface area contributed by atoms with E-state index in [9.17, 15) is 13.6 Å². The molecule has 2 amide bonds. The number of anilines is 2. The summed E-state index contributed by atoms with van der Waals surface area (Å²) in [5, 5.41) is 13.5. The van der Waals surface area contributed by atoms with Crippen molar-refractivity contribution in [3.8, 4) is 0 Å². The average molecular weight is 410 g/mol. The highest BCUT2D eigenvalue weighted by molar-refractivity contribution is 6.13. The van der Waals surface area contributed by atoms with E-state index < -0.39 is 23.7 Å². The maximum Gasteiger partial charge on any atom is 0.320 e. The average Bonchev–Trinajstić information content (AvgIpc) is 2.69. The maximum atomic E-state index is 13.4. The lowest BCUT2D eigenvalue weighted by atomic mass is 10.0. The number of carbonyl (C=O) groups excluding carboxylic acids is 1. The normalized spacial score (nSPS) is 11.6. The van der Waals surface area contributed by atoms with Crippen molar-refractivity contribution in [2.24, 2.45) is 0 Å². The van der Waals surface area contributed by atoms with Gasteiger partial charge in [0.15, 0.2) is 11.6 Å². The van der Waals surface area contributed by atoms with Crippen LogP contribution in [0.15, 0.2) is 48.8 Å². The largest absolute Gasteiger partial charge is 0.398 e. The number of amides is 2. The molecule has 1 aromatic carbocycles. The molecule has 3 aromatic rings. The van der Waals surface area contributed by atoms with Crippen molar-refractivity contribution in [3.63, 3.8) is 0 Å². The van der Waals surface area contributed by atoms with Crippen molar-refractivity contribution in [1.29, 1.82) is 5.41 Å².